The van der Waals surface area contributed by atoms with Crippen molar-refractivity contribution in [1.82, 2.24) is 14.9 Å². The molecule has 3 aromatic carbocycles. The molecule has 0 aliphatic rings. The lowest BCUT2D eigenvalue weighted by atomic mass is 10.2. The number of aromatic amines is 1. The summed E-state index contributed by atoms with van der Waals surface area (Å²) in [6.07, 6.45) is 1.68. The molecule has 0 aliphatic carbocycles. The standard InChI is InChI=1S/C23H18Cl2N4O2S/c1-30-21-12-15(8-10-20(21)31-14-16-7-9-18(24)19(25)11-16)13-26-29-22(27-28-23(29)32)17-5-3-2-4-6-17/h2-13H,14H2,1H3,(H,28,32)/b26-13-. The number of nitrogens with zero attached hydrogens (tertiary/aromatic N) is 3. The van der Waals surface area contributed by atoms with Crippen LogP contribution < -0.4 is 9.47 Å². The Morgan fingerprint density at radius 2 is 1.84 bits per heavy atom. The van der Waals surface area contributed by atoms with E-state index < -0.39 is 0 Å². The predicted octanol–water partition coefficient (Wildman–Crippen LogP) is 6.38. The van der Waals surface area contributed by atoms with Crippen LogP contribution in [0.25, 0.3) is 11.4 Å². The molecule has 0 amide bonds. The summed E-state index contributed by atoms with van der Waals surface area (Å²) in [6, 6.07) is 20.6. The molecule has 0 bridgehead atoms. The van der Waals surface area contributed by atoms with Crippen LogP contribution >= 0.6 is 35.4 Å². The maximum atomic E-state index is 6.07. The van der Waals surface area contributed by atoms with E-state index in [0.717, 1.165) is 16.7 Å². The highest BCUT2D eigenvalue weighted by atomic mass is 35.5. The third-order valence-electron chi connectivity index (χ3n) is 4.57. The van der Waals surface area contributed by atoms with Crippen molar-refractivity contribution < 1.29 is 9.47 Å². The Kier molecular flexibility index (Phi) is 6.90. The first kappa shape index (κ1) is 22.1. The van der Waals surface area contributed by atoms with Gasteiger partial charge in [-0.1, -0.05) is 59.6 Å². The molecule has 9 heteroatoms. The molecular weight excluding hydrogens is 467 g/mol. The average molecular weight is 485 g/mol. The number of methoxy groups -OCH3 is 1. The van der Waals surface area contributed by atoms with Gasteiger partial charge in [-0.2, -0.15) is 14.9 Å². The molecule has 0 fully saturated rings. The van der Waals surface area contributed by atoms with Crippen LogP contribution in [0.15, 0.2) is 71.8 Å². The van der Waals surface area contributed by atoms with Gasteiger partial charge in [-0.05, 0) is 53.7 Å². The second-order valence-electron chi connectivity index (χ2n) is 6.72. The number of halogens is 2. The number of H-pyrrole nitrogens is 1. The third kappa shape index (κ3) is 5.02. The largest absolute Gasteiger partial charge is 0.493 e. The quantitative estimate of drug-likeness (QED) is 0.244. The Morgan fingerprint density at radius 3 is 2.59 bits per heavy atom. The molecular formula is C23H18Cl2N4O2S. The summed E-state index contributed by atoms with van der Waals surface area (Å²) in [4.78, 5) is 0. The first-order valence-electron chi connectivity index (χ1n) is 9.57. The minimum Gasteiger partial charge on any atom is -0.493 e. The van der Waals surface area contributed by atoms with Gasteiger partial charge < -0.3 is 9.47 Å². The second kappa shape index (κ2) is 9.99. The molecule has 1 aromatic heterocycles. The van der Waals surface area contributed by atoms with Crippen LogP contribution in [0, 0.1) is 4.77 Å². The number of nitrogens with one attached hydrogen (secondary N) is 1. The summed E-state index contributed by atoms with van der Waals surface area (Å²) in [6.45, 7) is 0.325. The average Bonchev–Trinajstić information content (AvgIpc) is 3.19. The van der Waals surface area contributed by atoms with Gasteiger partial charge >= 0.3 is 0 Å². The molecule has 0 aliphatic heterocycles. The van der Waals surface area contributed by atoms with Gasteiger partial charge in [0.05, 0.1) is 23.4 Å². The molecule has 32 heavy (non-hydrogen) atoms. The van der Waals surface area contributed by atoms with E-state index in [1.165, 1.54) is 0 Å². The minimum absolute atomic E-state index is 0.325. The summed E-state index contributed by atoms with van der Waals surface area (Å²) in [5.74, 6) is 1.80. The smallest absolute Gasteiger partial charge is 0.216 e. The molecule has 0 spiro atoms. The van der Waals surface area contributed by atoms with Crippen molar-refractivity contribution in [3.63, 3.8) is 0 Å². The van der Waals surface area contributed by atoms with Crippen molar-refractivity contribution in [1.29, 1.82) is 0 Å². The van der Waals surface area contributed by atoms with Gasteiger partial charge in [0.1, 0.15) is 6.61 Å². The minimum atomic E-state index is 0.325. The summed E-state index contributed by atoms with van der Waals surface area (Å²) >= 11 is 17.4. The summed E-state index contributed by atoms with van der Waals surface area (Å²) in [5.41, 5.74) is 2.61. The zero-order chi connectivity index (χ0) is 22.5. The zero-order valence-electron chi connectivity index (χ0n) is 17.0. The number of benzene rings is 3. The molecule has 6 nitrogen and oxygen atoms in total. The Hall–Kier alpha value is -3.13. The van der Waals surface area contributed by atoms with Gasteiger partial charge in [0.2, 0.25) is 4.77 Å². The van der Waals surface area contributed by atoms with Gasteiger partial charge in [0.25, 0.3) is 0 Å². The lowest BCUT2D eigenvalue weighted by molar-refractivity contribution is 0.284. The summed E-state index contributed by atoms with van der Waals surface area (Å²) in [5, 5.41) is 12.6. The zero-order valence-corrected chi connectivity index (χ0v) is 19.3. The van der Waals surface area contributed by atoms with E-state index in [1.807, 2.05) is 54.6 Å². The first-order chi connectivity index (χ1) is 15.5. The molecule has 1 heterocycles. The normalized spacial score (nSPS) is 11.1. The van der Waals surface area contributed by atoms with Crippen LogP contribution in [0.1, 0.15) is 11.1 Å². The molecule has 0 saturated heterocycles. The molecule has 0 atom stereocenters. The summed E-state index contributed by atoms with van der Waals surface area (Å²) in [7, 11) is 1.59. The highest BCUT2D eigenvalue weighted by Gasteiger charge is 2.09. The van der Waals surface area contributed by atoms with E-state index in [1.54, 1.807) is 30.1 Å². The molecule has 0 saturated carbocycles. The van der Waals surface area contributed by atoms with Gasteiger partial charge in [0, 0.05) is 5.56 Å². The van der Waals surface area contributed by atoms with Crippen molar-refractivity contribution in [3.05, 3.63) is 92.7 Å². The van der Waals surface area contributed by atoms with E-state index in [4.69, 9.17) is 44.9 Å². The molecule has 0 radical (unpaired) electrons. The number of ether oxygens (including phenoxy) is 2. The number of hydrogen-bond donors (Lipinski definition) is 1. The highest BCUT2D eigenvalue weighted by molar-refractivity contribution is 7.71. The fraction of sp³-hybridized carbons (Fsp3) is 0.0870. The lowest BCUT2D eigenvalue weighted by Gasteiger charge is -2.12. The number of hydrogen-bond acceptors (Lipinski definition) is 5. The first-order valence-corrected chi connectivity index (χ1v) is 10.7. The van der Waals surface area contributed by atoms with E-state index in [0.29, 0.717) is 38.7 Å². The second-order valence-corrected chi connectivity index (χ2v) is 7.92. The van der Waals surface area contributed by atoms with Crippen molar-refractivity contribution in [2.45, 2.75) is 6.61 Å². The van der Waals surface area contributed by atoms with E-state index >= 15 is 0 Å². The highest BCUT2D eigenvalue weighted by Crippen LogP contribution is 2.29. The van der Waals surface area contributed by atoms with Crippen LogP contribution in [0.5, 0.6) is 11.5 Å². The van der Waals surface area contributed by atoms with E-state index in [9.17, 15) is 0 Å². The van der Waals surface area contributed by atoms with Gasteiger partial charge in [-0.25, -0.2) is 5.10 Å². The topological polar surface area (TPSA) is 64.4 Å². The Bertz CT molecular complexity index is 1320. The molecule has 162 valence electrons. The Labute approximate surface area is 200 Å². The fourth-order valence-electron chi connectivity index (χ4n) is 2.97. The van der Waals surface area contributed by atoms with Crippen molar-refractivity contribution in [2.75, 3.05) is 7.11 Å². The Balaban J connectivity index is 1.53. The van der Waals surface area contributed by atoms with Crippen molar-refractivity contribution >= 4 is 41.6 Å². The van der Waals surface area contributed by atoms with Crippen LogP contribution in [-0.2, 0) is 6.61 Å². The fourth-order valence-corrected chi connectivity index (χ4v) is 3.47. The van der Waals surface area contributed by atoms with E-state index in [-0.39, 0.29) is 0 Å². The number of aromatic nitrogens is 3. The van der Waals surface area contributed by atoms with Crippen molar-refractivity contribution in [2.24, 2.45) is 5.10 Å². The SMILES string of the molecule is COc1cc(/C=N\n2c(-c3ccccc3)n[nH]c2=S)ccc1OCc1ccc(Cl)c(Cl)c1. The maximum absolute atomic E-state index is 6.07. The molecule has 4 rings (SSSR count). The molecule has 4 aromatic rings. The van der Waals surface area contributed by atoms with E-state index in [2.05, 4.69) is 15.3 Å². The van der Waals surface area contributed by atoms with Crippen LogP contribution in [0.2, 0.25) is 10.0 Å². The maximum Gasteiger partial charge on any atom is 0.216 e. The number of rotatable bonds is 7. The van der Waals surface area contributed by atoms with Gasteiger partial charge in [-0.15, -0.1) is 0 Å². The van der Waals surface area contributed by atoms with Crippen LogP contribution in [0.3, 0.4) is 0 Å². The monoisotopic (exact) mass is 484 g/mol. The lowest BCUT2D eigenvalue weighted by Crippen LogP contribution is -1.99. The van der Waals surface area contributed by atoms with Crippen LogP contribution in [0.4, 0.5) is 0 Å². The Morgan fingerprint density at radius 1 is 1.03 bits per heavy atom. The van der Waals surface area contributed by atoms with Gasteiger partial charge in [0.15, 0.2) is 17.3 Å². The third-order valence-corrected chi connectivity index (χ3v) is 5.57. The summed E-state index contributed by atoms with van der Waals surface area (Å²) < 4.78 is 13.4. The molecule has 1 N–H and O–H groups in total. The van der Waals surface area contributed by atoms with Gasteiger partial charge in [-0.3, -0.25) is 0 Å². The molecule has 0 unspecified atom stereocenters. The van der Waals surface area contributed by atoms with Crippen LogP contribution in [-0.4, -0.2) is 28.2 Å². The predicted molar refractivity (Wildman–Crippen MR) is 130 cm³/mol. The van der Waals surface area contributed by atoms with Crippen molar-refractivity contribution in [3.8, 4) is 22.9 Å².